The molecule has 0 bridgehead atoms. The summed E-state index contributed by atoms with van der Waals surface area (Å²) in [7, 11) is 0. The zero-order valence-electron chi connectivity index (χ0n) is 49.9. The van der Waals surface area contributed by atoms with Crippen LogP contribution in [0.2, 0.25) is 0 Å². The summed E-state index contributed by atoms with van der Waals surface area (Å²) >= 11 is 0. The third kappa shape index (κ3) is 16.1. The number of nitrogens with zero attached hydrogens (tertiary/aromatic N) is 4. The molecule has 89 heavy (non-hydrogen) atoms. The first kappa shape index (κ1) is 63.7. The van der Waals surface area contributed by atoms with Gasteiger partial charge < -0.3 is 52.8 Å². The Morgan fingerprint density at radius 2 is 1.18 bits per heavy atom. The second kappa shape index (κ2) is 30.2. The number of para-hydroxylation sites is 2. The fraction of sp³-hybridized carbons (Fsp3) is 0.379. The zero-order valence-corrected chi connectivity index (χ0v) is 49.9. The van der Waals surface area contributed by atoms with E-state index >= 15 is 0 Å². The molecule has 5 heterocycles. The average molecular weight is 1210 g/mol. The minimum absolute atomic E-state index is 0.0159. The number of fused-ring (bicyclic) bond motifs is 2. The molecule has 23 heteroatoms. The summed E-state index contributed by atoms with van der Waals surface area (Å²) in [6.07, 6.45) is 10.7. The van der Waals surface area contributed by atoms with Crippen molar-refractivity contribution in [3.8, 4) is 0 Å². The summed E-state index contributed by atoms with van der Waals surface area (Å²) in [5.41, 5.74) is 10.4. The number of nitrogens with one attached hydrogen (secondary N) is 8. The van der Waals surface area contributed by atoms with Crippen LogP contribution in [0.1, 0.15) is 86.7 Å². The predicted octanol–water partition coefficient (Wildman–Crippen LogP) is 2.87. The first-order valence-electron chi connectivity index (χ1n) is 30.4. The van der Waals surface area contributed by atoms with Gasteiger partial charge in [-0.3, -0.25) is 57.1 Å². The summed E-state index contributed by atoms with van der Waals surface area (Å²) in [6, 6.07) is 23.7. The van der Waals surface area contributed by atoms with Crippen LogP contribution in [0.15, 0.2) is 134 Å². The second-order valence-corrected chi connectivity index (χ2v) is 23.0. The Morgan fingerprint density at radius 3 is 1.76 bits per heavy atom. The number of primary amides is 1. The van der Waals surface area contributed by atoms with Crippen molar-refractivity contribution in [3.05, 3.63) is 162 Å². The molecule has 8 amide bonds. The molecule has 7 aromatic rings. The monoisotopic (exact) mass is 1210 g/mol. The van der Waals surface area contributed by atoms with Gasteiger partial charge in [0.15, 0.2) is 0 Å². The molecular formula is C66H77N13O10. The minimum Gasteiger partial charge on any atom is -0.368 e. The Balaban J connectivity index is 0.946. The van der Waals surface area contributed by atoms with Crippen molar-refractivity contribution in [3.63, 3.8) is 0 Å². The third-order valence-electron chi connectivity index (χ3n) is 17.0. The normalized spacial score (nSPS) is 17.1. The third-order valence-corrected chi connectivity index (χ3v) is 17.0. The highest BCUT2D eigenvalue weighted by Crippen LogP contribution is 2.26. The van der Waals surface area contributed by atoms with Crippen molar-refractivity contribution >= 4 is 81.9 Å². The van der Waals surface area contributed by atoms with E-state index in [9.17, 15) is 47.9 Å². The molecule has 9 atom stereocenters. The fourth-order valence-corrected chi connectivity index (χ4v) is 11.9. The van der Waals surface area contributed by atoms with Gasteiger partial charge in [-0.05, 0) is 91.8 Å². The van der Waals surface area contributed by atoms with E-state index in [0.717, 1.165) is 17.4 Å². The van der Waals surface area contributed by atoms with E-state index in [4.69, 9.17) is 5.73 Å². The number of nitrogens with two attached hydrogens (primary N) is 1. The molecule has 0 unspecified atom stereocenters. The summed E-state index contributed by atoms with van der Waals surface area (Å²) < 4.78 is 2.79. The van der Waals surface area contributed by atoms with Crippen molar-refractivity contribution in [2.75, 3.05) is 13.1 Å². The van der Waals surface area contributed by atoms with Crippen molar-refractivity contribution in [2.24, 2.45) is 11.7 Å². The van der Waals surface area contributed by atoms with E-state index in [2.05, 4.69) is 47.2 Å². The van der Waals surface area contributed by atoms with Gasteiger partial charge in [0.05, 0.1) is 23.4 Å². The highest BCUT2D eigenvalue weighted by atomic mass is 16.2. The maximum Gasteiger partial charge on any atom is 0.246 e. The van der Waals surface area contributed by atoms with Crippen LogP contribution in [0.4, 0.5) is 0 Å². The first-order chi connectivity index (χ1) is 43.1. The fourth-order valence-electron chi connectivity index (χ4n) is 11.9. The number of imidazole rings is 1. The summed E-state index contributed by atoms with van der Waals surface area (Å²) in [5, 5.41) is 21.8. The van der Waals surface area contributed by atoms with E-state index in [1.807, 2.05) is 49.4 Å². The molecular weight excluding hydrogens is 1130 g/mol. The largest absolute Gasteiger partial charge is 0.368 e. The summed E-state index contributed by atoms with van der Waals surface area (Å²) in [6.45, 7) is 4.42. The Morgan fingerprint density at radius 1 is 0.618 bits per heavy atom. The van der Waals surface area contributed by atoms with Crippen LogP contribution in [0.5, 0.6) is 0 Å². The molecule has 4 aromatic carbocycles. The average Bonchev–Trinajstić information content (AvgIpc) is 2.58. The number of carbonyl (C=O) groups excluding carboxylic acids is 10. The first-order valence-corrected chi connectivity index (χ1v) is 30.4. The SMILES string of the molecule is CC[C@H](C)[C@H](NC(=O)[C@H](CCCc1ccccc1)NC(=O)[C@H](Cc1cnc[nH]1)NC(=O)[C@H](Cc1ccccc1)NC(=O)[C@@H]1CCCN1C(=O)[C@H](Cc1cn(C=O)c2ccccc12)NC(=O)[C@@H]1CCCN1)C(=O)N[C@@H](Cc1cn(C=O)c2ccccc12)C(N)=O. The molecule has 10 N–H and O–H groups in total. The number of carbonyl (C=O) groups is 10. The number of benzene rings is 4. The highest BCUT2D eigenvalue weighted by molar-refractivity contribution is 5.99. The summed E-state index contributed by atoms with van der Waals surface area (Å²) in [4.78, 5) is 148. The van der Waals surface area contributed by atoms with Gasteiger partial charge in [0.1, 0.15) is 42.3 Å². The molecule has 466 valence electrons. The van der Waals surface area contributed by atoms with Gasteiger partial charge in [0.25, 0.3) is 0 Å². The molecule has 3 aromatic heterocycles. The Hall–Kier alpha value is -9.77. The molecule has 2 aliphatic heterocycles. The van der Waals surface area contributed by atoms with Gasteiger partial charge in [-0.1, -0.05) is 117 Å². The molecule has 2 fully saturated rings. The molecule has 0 saturated carbocycles. The molecule has 0 radical (unpaired) electrons. The number of aromatic amines is 1. The maximum absolute atomic E-state index is 15.0. The van der Waals surface area contributed by atoms with Crippen LogP contribution in [0, 0.1) is 5.92 Å². The summed E-state index contributed by atoms with van der Waals surface area (Å²) in [5.74, 6) is -5.78. The number of aromatic nitrogens is 4. The Bertz CT molecular complexity index is 3640. The highest BCUT2D eigenvalue weighted by Gasteiger charge is 2.41. The maximum atomic E-state index is 15.0. The van der Waals surface area contributed by atoms with E-state index in [0.29, 0.717) is 90.3 Å². The quantitative estimate of drug-likeness (QED) is 0.0294. The Kier molecular flexibility index (Phi) is 21.6. The molecule has 2 saturated heterocycles. The van der Waals surface area contributed by atoms with Gasteiger partial charge in [-0.2, -0.15) is 0 Å². The smallest absolute Gasteiger partial charge is 0.246 e. The standard InChI is InChI=1S/C66H77N13O10/c1-3-41(2)58(65(88)72-51(59(67)82)32-44-36-77(39-80)55-26-12-10-22-47(44)55)76-61(84)50(24-14-21-42-17-6-4-7-18-42)71-63(86)53(34-46-35-68-38-70-46)73-62(85)52(31-43-19-8-5-9-20-43)74-64(87)57-28-16-30-79(57)66(89)54(75-60(83)49-25-15-29-69-49)33-45-37-78(40-81)56-27-13-11-23-48(45)56/h4-13,17-20,22-23,26-27,35-41,49-54,57-58,69H,3,14-16,21,24-25,28-34H2,1-2H3,(H2,67,82)(H,68,70)(H,71,86)(H,72,88)(H,73,85)(H,74,87)(H,75,83)(H,76,84)/t41-,49-,50-,51-,52-,53-,54-,57-,58-/m0/s1. The van der Waals surface area contributed by atoms with Gasteiger partial charge in [-0.15, -0.1) is 0 Å². The zero-order chi connectivity index (χ0) is 63.0. The van der Waals surface area contributed by atoms with Crippen LogP contribution >= 0.6 is 0 Å². The lowest BCUT2D eigenvalue weighted by atomic mass is 9.96. The second-order valence-electron chi connectivity index (χ2n) is 23.0. The van der Waals surface area contributed by atoms with Crippen LogP contribution in [0.25, 0.3) is 21.8 Å². The van der Waals surface area contributed by atoms with Crippen molar-refractivity contribution in [1.82, 2.24) is 61.2 Å². The van der Waals surface area contributed by atoms with Gasteiger partial charge in [-0.25, -0.2) is 4.98 Å². The van der Waals surface area contributed by atoms with E-state index in [-0.39, 0.29) is 51.0 Å². The van der Waals surface area contributed by atoms with Gasteiger partial charge in [0, 0.05) is 67.3 Å². The number of likely N-dealkylation sites (tertiary alicyclic amines) is 1. The van der Waals surface area contributed by atoms with Gasteiger partial charge >= 0.3 is 0 Å². The molecule has 0 spiro atoms. The van der Waals surface area contributed by atoms with E-state index < -0.39 is 95.6 Å². The number of hydrogen-bond acceptors (Lipinski definition) is 12. The number of amides is 8. The van der Waals surface area contributed by atoms with Crippen LogP contribution in [-0.2, 0) is 80.0 Å². The van der Waals surface area contributed by atoms with E-state index in [1.54, 1.807) is 86.0 Å². The lowest BCUT2D eigenvalue weighted by molar-refractivity contribution is -0.142. The minimum atomic E-state index is -1.38. The lowest BCUT2D eigenvalue weighted by Gasteiger charge is -2.31. The number of H-pyrrole nitrogens is 1. The molecule has 9 rings (SSSR count). The topological polar surface area (TPSA) is 323 Å². The Labute approximate surface area is 515 Å². The molecule has 23 nitrogen and oxygen atoms in total. The predicted molar refractivity (Wildman–Crippen MR) is 333 cm³/mol. The van der Waals surface area contributed by atoms with Crippen LogP contribution < -0.4 is 43.0 Å². The van der Waals surface area contributed by atoms with Crippen molar-refractivity contribution < 1.29 is 47.9 Å². The van der Waals surface area contributed by atoms with E-state index in [1.165, 1.54) is 26.6 Å². The number of aryl methyl sites for hydroxylation is 1. The number of rotatable bonds is 30. The van der Waals surface area contributed by atoms with Crippen LogP contribution in [-0.4, -0.2) is 146 Å². The van der Waals surface area contributed by atoms with Crippen molar-refractivity contribution in [2.45, 2.75) is 139 Å². The lowest BCUT2D eigenvalue weighted by Crippen LogP contribution is -2.61. The van der Waals surface area contributed by atoms with Crippen molar-refractivity contribution in [1.29, 1.82) is 0 Å². The number of hydrogen-bond donors (Lipinski definition) is 9. The molecule has 0 aliphatic carbocycles. The molecule has 2 aliphatic rings. The van der Waals surface area contributed by atoms with Crippen LogP contribution in [0.3, 0.4) is 0 Å². The van der Waals surface area contributed by atoms with Gasteiger partial charge in [0.2, 0.25) is 60.1 Å².